The van der Waals surface area contributed by atoms with Gasteiger partial charge in [-0.3, -0.25) is 0 Å². The van der Waals surface area contributed by atoms with Crippen molar-refractivity contribution < 1.29 is 23.2 Å². The van der Waals surface area contributed by atoms with E-state index in [1.165, 1.54) is 45.6 Å². The maximum absolute atomic E-state index is 10.7. The largest absolute Gasteiger partial charge is 0.517 e. The third-order valence-corrected chi connectivity index (χ3v) is 11.4. The Hall–Kier alpha value is -2.27. The molecule has 1 aliphatic heterocycles. The van der Waals surface area contributed by atoms with Crippen molar-refractivity contribution in [3.8, 4) is 5.75 Å². The molecule has 0 amide bonds. The Morgan fingerprint density at radius 3 is 1.78 bits per heavy atom. The number of rotatable bonds is 8. The molecule has 284 valence electrons. The quantitative estimate of drug-likeness (QED) is 0.0982. The number of para-hydroxylation sites is 1. The molecule has 1 heterocycles. The second-order valence-electron chi connectivity index (χ2n) is 17.8. The minimum absolute atomic E-state index is 0.00360. The number of ether oxygens (including phenoxy) is 1. The molecule has 1 unspecified atom stereocenters. The molecule has 0 bridgehead atoms. The summed E-state index contributed by atoms with van der Waals surface area (Å²) in [4.78, 5) is 12.8. The zero-order chi connectivity index (χ0) is 38.9. The van der Waals surface area contributed by atoms with E-state index in [-0.39, 0.29) is 33.6 Å². The Morgan fingerprint density at radius 2 is 1.37 bits per heavy atom. The molecule has 3 aromatic carbocycles. The van der Waals surface area contributed by atoms with Crippen LogP contribution in [-0.4, -0.2) is 21.2 Å². The number of nitrogens with zero attached hydrogens (tertiary/aromatic N) is 2. The third kappa shape index (κ3) is 10.9. The monoisotopic (exact) mass is 825 g/mol. The smallest absolute Gasteiger partial charge is 0.0145 e. The van der Waals surface area contributed by atoms with E-state index in [4.69, 9.17) is 24.1 Å². The molecular formula is C43H61Cl2N2O3Ru-. The molecule has 4 rings (SSSR count). The molecule has 0 saturated carbocycles. The molecular weight excluding hydrogens is 764 g/mol. The molecule has 1 fully saturated rings. The van der Waals surface area contributed by atoms with Crippen LogP contribution in [0.15, 0.2) is 54.6 Å². The molecule has 0 aliphatic carbocycles. The van der Waals surface area contributed by atoms with Gasteiger partial charge in [-0.15, -0.1) is 5.41 Å². The van der Waals surface area contributed by atoms with E-state index >= 15 is 0 Å². The van der Waals surface area contributed by atoms with Gasteiger partial charge in [-0.1, -0.05) is 118 Å². The summed E-state index contributed by atoms with van der Waals surface area (Å²) in [7, 11) is 11.6. The van der Waals surface area contributed by atoms with Crippen molar-refractivity contribution in [2.24, 2.45) is 0 Å². The van der Waals surface area contributed by atoms with Crippen molar-refractivity contribution in [1.82, 2.24) is 0 Å². The van der Waals surface area contributed by atoms with Crippen LogP contribution in [-0.2, 0) is 29.8 Å². The molecule has 3 aromatic rings. The summed E-state index contributed by atoms with van der Waals surface area (Å²) >= 11 is -2.05. The SMILES string of the molecule is CC(C)Oc1ccc([N+](=O)[O-])cc1[CH]=[Ru]([Cl])[Cl].CC(C)c1cccc(C(C)C)c1N1[CH-]C(C)(c2cc(C(C)(C)C)cc(C(C)(C)C)c2)CC1(C)C. The normalized spacial score (nSPS) is 17.8. The first-order valence-corrected chi connectivity index (χ1v) is 23.5. The van der Waals surface area contributed by atoms with Crippen molar-refractivity contribution in [2.45, 2.75) is 150 Å². The number of hydrogen-bond acceptors (Lipinski definition) is 4. The van der Waals surface area contributed by atoms with Gasteiger partial charge in [-0.25, -0.2) is 6.54 Å². The first kappa shape index (κ1) is 43.1. The molecule has 0 radical (unpaired) electrons. The van der Waals surface area contributed by atoms with Gasteiger partial charge in [0.05, 0.1) is 0 Å². The van der Waals surface area contributed by atoms with Crippen molar-refractivity contribution >= 4 is 35.4 Å². The average Bonchev–Trinajstić information content (AvgIpc) is 3.25. The van der Waals surface area contributed by atoms with E-state index in [9.17, 15) is 10.1 Å². The van der Waals surface area contributed by atoms with E-state index in [0.717, 1.165) is 6.42 Å². The maximum Gasteiger partial charge on any atom is 0.0145 e. The van der Waals surface area contributed by atoms with E-state index in [0.29, 0.717) is 23.1 Å². The predicted octanol–water partition coefficient (Wildman–Crippen LogP) is 13.1. The maximum atomic E-state index is 10.7. The number of benzene rings is 3. The fourth-order valence-corrected chi connectivity index (χ4v) is 8.60. The van der Waals surface area contributed by atoms with Crippen LogP contribution in [0.2, 0.25) is 0 Å². The van der Waals surface area contributed by atoms with E-state index in [1.54, 1.807) is 10.7 Å². The zero-order valence-corrected chi connectivity index (χ0v) is 36.8. The minimum Gasteiger partial charge on any atom is -0.517 e. The summed E-state index contributed by atoms with van der Waals surface area (Å²) in [6.45, 7) is 36.9. The summed E-state index contributed by atoms with van der Waals surface area (Å²) < 4.78 is 7.17. The Morgan fingerprint density at radius 1 is 0.863 bits per heavy atom. The van der Waals surface area contributed by atoms with Gasteiger partial charge in [0, 0.05) is 11.2 Å². The number of anilines is 1. The van der Waals surface area contributed by atoms with E-state index in [1.807, 2.05) is 13.8 Å². The Balaban J connectivity index is 0.000000347. The summed E-state index contributed by atoms with van der Waals surface area (Å²) in [5.41, 5.74) is 9.50. The molecule has 0 spiro atoms. The van der Waals surface area contributed by atoms with Crippen LogP contribution < -0.4 is 9.64 Å². The van der Waals surface area contributed by atoms with Crippen LogP contribution in [0.5, 0.6) is 5.75 Å². The molecule has 5 nitrogen and oxygen atoms in total. The topological polar surface area (TPSA) is 55.6 Å². The van der Waals surface area contributed by atoms with Crippen molar-refractivity contribution in [3.05, 3.63) is 105 Å². The second-order valence-corrected chi connectivity index (χ2v) is 23.5. The second kappa shape index (κ2) is 16.4. The van der Waals surface area contributed by atoms with Crippen LogP contribution >= 0.6 is 19.4 Å². The van der Waals surface area contributed by atoms with Crippen molar-refractivity contribution in [2.75, 3.05) is 4.90 Å². The van der Waals surface area contributed by atoms with Gasteiger partial charge >= 0.3 is 112 Å². The standard InChI is InChI=1S/C33H50N.C10H11NO3.2ClH.Ru/c1-22(2)27-15-14-16-28(23(3)4)29(27)34-21-33(13,20-32(34,11)12)26-18-24(30(5,6)7)17-25(19-26)31(8,9)10;1-7(2)14-10-5-4-9(11(12)13)6-8(10)3;;;/h14-19,21-23H,20H2,1-13H3;3-7H,1-2H3;2*1H;/q-1;;;;+2/p-2. The molecule has 0 N–H and O–H groups in total. The zero-order valence-electron chi connectivity index (χ0n) is 33.5. The van der Waals surface area contributed by atoms with Crippen molar-refractivity contribution in [1.29, 1.82) is 0 Å². The molecule has 1 saturated heterocycles. The van der Waals surface area contributed by atoms with E-state index < -0.39 is 18.4 Å². The fraction of sp³-hybridized carbons (Fsp3) is 0.535. The average molecular weight is 826 g/mol. The molecule has 0 aromatic heterocycles. The summed E-state index contributed by atoms with van der Waals surface area (Å²) in [6.07, 6.45) is 1.08. The summed E-state index contributed by atoms with van der Waals surface area (Å²) in [5, 5.41) is 10.7. The Kier molecular flexibility index (Phi) is 13.9. The summed E-state index contributed by atoms with van der Waals surface area (Å²) in [5.74, 6) is 1.54. The molecule has 1 atom stereocenters. The van der Waals surface area contributed by atoms with Crippen molar-refractivity contribution in [3.63, 3.8) is 0 Å². The minimum atomic E-state index is -2.05. The van der Waals surface area contributed by atoms with Crippen LogP contribution in [0.4, 0.5) is 11.4 Å². The first-order valence-electron chi connectivity index (χ1n) is 18.0. The molecule has 1 aliphatic rings. The Bertz CT molecular complexity index is 1670. The first-order chi connectivity index (χ1) is 23.3. The van der Waals surface area contributed by atoms with Crippen LogP contribution in [0, 0.1) is 16.7 Å². The predicted molar refractivity (Wildman–Crippen MR) is 217 cm³/mol. The fourth-order valence-electron chi connectivity index (χ4n) is 6.82. The van der Waals surface area contributed by atoms with Gasteiger partial charge < -0.3 is 4.90 Å². The molecule has 51 heavy (non-hydrogen) atoms. The van der Waals surface area contributed by atoms with Gasteiger partial charge in [0.15, 0.2) is 0 Å². The van der Waals surface area contributed by atoms with Crippen LogP contribution in [0.1, 0.15) is 155 Å². The van der Waals surface area contributed by atoms with Gasteiger partial charge in [0.1, 0.15) is 0 Å². The number of halogens is 2. The Labute approximate surface area is 322 Å². The number of nitro groups is 1. The van der Waals surface area contributed by atoms with Gasteiger partial charge in [-0.05, 0) is 65.2 Å². The summed E-state index contributed by atoms with van der Waals surface area (Å²) in [6, 6.07) is 18.7. The van der Waals surface area contributed by atoms with Crippen LogP contribution in [0.25, 0.3) is 0 Å². The molecule has 8 heteroatoms. The van der Waals surface area contributed by atoms with Crippen LogP contribution in [0.3, 0.4) is 0 Å². The van der Waals surface area contributed by atoms with Gasteiger partial charge in [0.2, 0.25) is 0 Å². The number of non-ortho nitro benzene ring substituents is 1. The third-order valence-electron chi connectivity index (χ3n) is 9.53. The van der Waals surface area contributed by atoms with Gasteiger partial charge in [0.25, 0.3) is 0 Å². The number of hydrogen-bond donors (Lipinski definition) is 0. The number of nitro benzene ring substituents is 1. The van der Waals surface area contributed by atoms with Gasteiger partial charge in [-0.2, -0.15) is 0 Å². The van der Waals surface area contributed by atoms with E-state index in [2.05, 4.69) is 138 Å².